The lowest BCUT2D eigenvalue weighted by atomic mass is 9.86. The number of hydrogen-bond donors (Lipinski definition) is 1. The molecule has 1 heterocycles. The molecule has 0 saturated carbocycles. The summed E-state index contributed by atoms with van der Waals surface area (Å²) in [6.07, 6.45) is 5.27. The van der Waals surface area contributed by atoms with Crippen molar-refractivity contribution in [2.45, 2.75) is 53.0 Å². The van der Waals surface area contributed by atoms with Gasteiger partial charge in [0.05, 0.1) is 0 Å². The van der Waals surface area contributed by atoms with Gasteiger partial charge in [-0.15, -0.1) is 0 Å². The molecule has 0 aliphatic carbocycles. The molecule has 0 spiro atoms. The van der Waals surface area contributed by atoms with Crippen molar-refractivity contribution in [3.8, 4) is 0 Å². The first-order valence-corrected chi connectivity index (χ1v) is 6.64. The summed E-state index contributed by atoms with van der Waals surface area (Å²) in [7, 11) is 0. The Kier molecular flexibility index (Phi) is 5.63. The van der Waals surface area contributed by atoms with E-state index >= 15 is 0 Å². The van der Waals surface area contributed by atoms with E-state index in [4.69, 9.17) is 0 Å². The summed E-state index contributed by atoms with van der Waals surface area (Å²) in [5.74, 6) is 0. The van der Waals surface area contributed by atoms with Crippen molar-refractivity contribution in [1.82, 2.24) is 10.3 Å². The molecule has 2 nitrogen and oxygen atoms in total. The minimum absolute atomic E-state index is 0.361. The van der Waals surface area contributed by atoms with Crippen molar-refractivity contribution in [3.05, 3.63) is 30.1 Å². The Morgan fingerprint density at radius 2 is 2.06 bits per heavy atom. The zero-order valence-electron chi connectivity index (χ0n) is 11.7. The lowest BCUT2D eigenvalue weighted by molar-refractivity contribution is 0.305. The number of rotatable bonds is 6. The fourth-order valence-corrected chi connectivity index (χ4v) is 2.08. The van der Waals surface area contributed by atoms with Gasteiger partial charge < -0.3 is 5.32 Å². The third-order valence-corrected chi connectivity index (χ3v) is 2.72. The first-order chi connectivity index (χ1) is 8.01. The van der Waals surface area contributed by atoms with E-state index in [1.807, 2.05) is 12.3 Å². The van der Waals surface area contributed by atoms with Crippen LogP contribution in [0.1, 0.15) is 46.2 Å². The largest absolute Gasteiger partial charge is 0.314 e. The van der Waals surface area contributed by atoms with Crippen LogP contribution < -0.4 is 5.32 Å². The van der Waals surface area contributed by atoms with E-state index in [1.165, 1.54) is 18.5 Å². The molecule has 1 unspecified atom stereocenters. The highest BCUT2D eigenvalue weighted by Gasteiger charge is 2.18. The lowest BCUT2D eigenvalue weighted by Gasteiger charge is -2.26. The van der Waals surface area contributed by atoms with Crippen molar-refractivity contribution < 1.29 is 0 Å². The van der Waals surface area contributed by atoms with E-state index in [9.17, 15) is 0 Å². The molecule has 0 saturated heterocycles. The average Bonchev–Trinajstić information content (AvgIpc) is 2.25. The first-order valence-electron chi connectivity index (χ1n) is 6.64. The van der Waals surface area contributed by atoms with Crippen LogP contribution in [0.5, 0.6) is 0 Å². The molecule has 2 heteroatoms. The summed E-state index contributed by atoms with van der Waals surface area (Å²) >= 11 is 0. The van der Waals surface area contributed by atoms with Gasteiger partial charge in [-0.1, -0.05) is 33.8 Å². The molecule has 0 aliphatic rings. The molecule has 1 atom stereocenters. The standard InChI is InChI=1S/C15H26N2/c1-5-9-16-14(12-15(2,3)4)11-13-8-6-7-10-17-13/h6-8,10,14,16H,5,9,11-12H2,1-4H3. The topological polar surface area (TPSA) is 24.9 Å². The third kappa shape index (κ3) is 6.42. The number of pyridine rings is 1. The Morgan fingerprint density at radius 1 is 1.29 bits per heavy atom. The SMILES string of the molecule is CCCNC(Cc1ccccn1)CC(C)(C)C. The molecule has 0 radical (unpaired) electrons. The Bertz CT molecular complexity index is 300. The smallest absolute Gasteiger partial charge is 0.0419 e. The normalized spacial score (nSPS) is 13.6. The van der Waals surface area contributed by atoms with Gasteiger partial charge in [-0.2, -0.15) is 0 Å². The maximum atomic E-state index is 4.42. The maximum absolute atomic E-state index is 4.42. The summed E-state index contributed by atoms with van der Waals surface area (Å²) in [4.78, 5) is 4.42. The monoisotopic (exact) mass is 234 g/mol. The highest BCUT2D eigenvalue weighted by molar-refractivity contribution is 5.05. The minimum atomic E-state index is 0.361. The molecule has 1 rings (SSSR count). The zero-order chi connectivity index (χ0) is 12.7. The van der Waals surface area contributed by atoms with Crippen molar-refractivity contribution in [3.63, 3.8) is 0 Å². The number of hydrogen-bond acceptors (Lipinski definition) is 2. The molecule has 0 fully saturated rings. The molecule has 1 aromatic rings. The first kappa shape index (κ1) is 14.2. The quantitative estimate of drug-likeness (QED) is 0.815. The third-order valence-electron chi connectivity index (χ3n) is 2.72. The second-order valence-electron chi connectivity index (χ2n) is 5.94. The van der Waals surface area contributed by atoms with Crippen LogP contribution in [0.15, 0.2) is 24.4 Å². The van der Waals surface area contributed by atoms with Crippen LogP contribution in [-0.4, -0.2) is 17.6 Å². The second-order valence-corrected chi connectivity index (χ2v) is 5.94. The van der Waals surface area contributed by atoms with E-state index < -0.39 is 0 Å². The summed E-state index contributed by atoms with van der Waals surface area (Å²) < 4.78 is 0. The highest BCUT2D eigenvalue weighted by atomic mass is 14.9. The van der Waals surface area contributed by atoms with Gasteiger partial charge in [-0.3, -0.25) is 4.98 Å². The molecular formula is C15H26N2. The molecule has 1 aromatic heterocycles. The number of nitrogens with zero attached hydrogens (tertiary/aromatic N) is 1. The maximum Gasteiger partial charge on any atom is 0.0419 e. The molecule has 0 aromatic carbocycles. The van der Waals surface area contributed by atoms with Gasteiger partial charge in [0.15, 0.2) is 0 Å². The van der Waals surface area contributed by atoms with Gasteiger partial charge in [0.25, 0.3) is 0 Å². The Hall–Kier alpha value is -0.890. The van der Waals surface area contributed by atoms with Gasteiger partial charge in [-0.05, 0) is 36.9 Å². The Labute approximate surface area is 106 Å². The molecule has 1 N–H and O–H groups in total. The summed E-state index contributed by atoms with van der Waals surface area (Å²) in [5.41, 5.74) is 1.55. The van der Waals surface area contributed by atoms with Crippen LogP contribution in [0.25, 0.3) is 0 Å². The van der Waals surface area contributed by atoms with Crippen LogP contribution in [0.2, 0.25) is 0 Å². The summed E-state index contributed by atoms with van der Waals surface area (Å²) in [5, 5.41) is 3.63. The molecule has 96 valence electrons. The van der Waals surface area contributed by atoms with Gasteiger partial charge in [0.2, 0.25) is 0 Å². The van der Waals surface area contributed by atoms with E-state index in [-0.39, 0.29) is 0 Å². The molecule has 0 aliphatic heterocycles. The van der Waals surface area contributed by atoms with Crippen molar-refractivity contribution >= 4 is 0 Å². The fourth-order valence-electron chi connectivity index (χ4n) is 2.08. The number of aromatic nitrogens is 1. The van der Waals surface area contributed by atoms with Crippen molar-refractivity contribution in [2.75, 3.05) is 6.54 Å². The summed E-state index contributed by atoms with van der Waals surface area (Å²) in [6.45, 7) is 10.2. The van der Waals surface area contributed by atoms with Gasteiger partial charge >= 0.3 is 0 Å². The molecule has 17 heavy (non-hydrogen) atoms. The van der Waals surface area contributed by atoms with Crippen molar-refractivity contribution in [2.24, 2.45) is 5.41 Å². The molecule has 0 amide bonds. The molecular weight excluding hydrogens is 208 g/mol. The average molecular weight is 234 g/mol. The van der Waals surface area contributed by atoms with Gasteiger partial charge in [-0.25, -0.2) is 0 Å². The lowest BCUT2D eigenvalue weighted by Crippen LogP contribution is -2.35. The predicted molar refractivity (Wildman–Crippen MR) is 74.1 cm³/mol. The van der Waals surface area contributed by atoms with E-state index in [0.29, 0.717) is 11.5 Å². The van der Waals surface area contributed by atoms with E-state index in [1.54, 1.807) is 0 Å². The number of nitrogens with one attached hydrogen (secondary N) is 1. The zero-order valence-corrected chi connectivity index (χ0v) is 11.7. The minimum Gasteiger partial charge on any atom is -0.314 e. The Balaban J connectivity index is 2.57. The highest BCUT2D eigenvalue weighted by Crippen LogP contribution is 2.22. The van der Waals surface area contributed by atoms with Crippen LogP contribution in [0.3, 0.4) is 0 Å². The van der Waals surface area contributed by atoms with Gasteiger partial charge in [0, 0.05) is 24.4 Å². The van der Waals surface area contributed by atoms with Crippen LogP contribution >= 0.6 is 0 Å². The fraction of sp³-hybridized carbons (Fsp3) is 0.667. The second kappa shape index (κ2) is 6.75. The van der Waals surface area contributed by atoms with Crippen molar-refractivity contribution in [1.29, 1.82) is 0 Å². The van der Waals surface area contributed by atoms with E-state index in [2.05, 4.69) is 50.1 Å². The van der Waals surface area contributed by atoms with Crippen LogP contribution in [-0.2, 0) is 6.42 Å². The van der Waals surface area contributed by atoms with Crippen LogP contribution in [0, 0.1) is 5.41 Å². The van der Waals surface area contributed by atoms with Gasteiger partial charge in [0.1, 0.15) is 0 Å². The van der Waals surface area contributed by atoms with Crippen LogP contribution in [0.4, 0.5) is 0 Å². The summed E-state index contributed by atoms with van der Waals surface area (Å²) in [6, 6.07) is 6.69. The Morgan fingerprint density at radius 3 is 2.59 bits per heavy atom. The molecule has 0 bridgehead atoms. The predicted octanol–water partition coefficient (Wildman–Crippen LogP) is 3.43. The van der Waals surface area contributed by atoms with E-state index in [0.717, 1.165) is 13.0 Å².